The Balaban J connectivity index is 2.08. The van der Waals surface area contributed by atoms with Crippen molar-refractivity contribution in [3.8, 4) is 0 Å². The molecule has 0 unspecified atom stereocenters. The summed E-state index contributed by atoms with van der Waals surface area (Å²) in [4.78, 5) is 22.6. The van der Waals surface area contributed by atoms with Crippen LogP contribution < -0.4 is 10.6 Å². The SMILES string of the molecule is COCCNC(=O)C(=O)NC[C@H]1OCCCN1S(=O)(=O)c1cc(F)ccc1F. The van der Waals surface area contributed by atoms with Crippen LogP contribution in [0.2, 0.25) is 0 Å². The van der Waals surface area contributed by atoms with E-state index in [1.165, 1.54) is 7.11 Å². The third-order valence-corrected chi connectivity index (χ3v) is 5.77. The standard InChI is InChI=1S/C16H21F2N3O6S/c1-26-8-5-19-15(22)16(23)20-10-14-21(6-2-7-27-14)28(24,25)13-9-11(17)3-4-12(13)18/h3-4,9,14H,2,5-8,10H2,1H3,(H,19,22)(H,20,23)/t14-/m1/s1. The second kappa shape index (κ2) is 9.87. The van der Waals surface area contributed by atoms with Crippen LogP contribution in [0.25, 0.3) is 0 Å². The van der Waals surface area contributed by atoms with Gasteiger partial charge >= 0.3 is 11.8 Å². The maximum Gasteiger partial charge on any atom is 0.309 e. The number of benzene rings is 1. The largest absolute Gasteiger partial charge is 0.383 e. The van der Waals surface area contributed by atoms with Crippen molar-refractivity contribution in [1.29, 1.82) is 0 Å². The molecule has 0 aliphatic carbocycles. The van der Waals surface area contributed by atoms with Crippen molar-refractivity contribution >= 4 is 21.8 Å². The number of nitrogens with one attached hydrogen (secondary N) is 2. The molecule has 1 aliphatic rings. The first-order chi connectivity index (χ1) is 13.3. The van der Waals surface area contributed by atoms with E-state index < -0.39 is 44.6 Å². The van der Waals surface area contributed by atoms with Crippen molar-refractivity contribution in [2.75, 3.05) is 40.0 Å². The van der Waals surface area contributed by atoms with Crippen molar-refractivity contribution in [1.82, 2.24) is 14.9 Å². The van der Waals surface area contributed by atoms with Gasteiger partial charge in [-0.15, -0.1) is 0 Å². The normalized spacial score (nSPS) is 17.9. The van der Waals surface area contributed by atoms with Crippen LogP contribution in [0, 0.1) is 11.6 Å². The second-order valence-corrected chi connectivity index (χ2v) is 7.69. The second-order valence-electron chi connectivity index (χ2n) is 5.83. The summed E-state index contributed by atoms with van der Waals surface area (Å²) < 4.78 is 63.8. The summed E-state index contributed by atoms with van der Waals surface area (Å²) >= 11 is 0. The highest BCUT2D eigenvalue weighted by atomic mass is 32.2. The lowest BCUT2D eigenvalue weighted by molar-refractivity contribution is -0.140. The van der Waals surface area contributed by atoms with E-state index in [4.69, 9.17) is 9.47 Å². The number of hydrogen-bond donors (Lipinski definition) is 2. The Hall–Kier alpha value is -2.15. The molecule has 2 rings (SSSR count). The Morgan fingerprint density at radius 3 is 2.71 bits per heavy atom. The van der Waals surface area contributed by atoms with E-state index >= 15 is 0 Å². The van der Waals surface area contributed by atoms with E-state index in [0.717, 1.165) is 10.4 Å². The lowest BCUT2D eigenvalue weighted by Gasteiger charge is -2.34. The topological polar surface area (TPSA) is 114 Å². The summed E-state index contributed by atoms with van der Waals surface area (Å²) in [6.45, 7) is 0.196. The van der Waals surface area contributed by atoms with Gasteiger partial charge < -0.3 is 20.1 Å². The number of nitrogens with zero attached hydrogens (tertiary/aromatic N) is 1. The Morgan fingerprint density at radius 1 is 1.29 bits per heavy atom. The first-order valence-electron chi connectivity index (χ1n) is 8.41. The fourth-order valence-electron chi connectivity index (χ4n) is 2.51. The van der Waals surface area contributed by atoms with Gasteiger partial charge in [-0.3, -0.25) is 9.59 Å². The lowest BCUT2D eigenvalue weighted by atomic mass is 10.3. The molecule has 156 valence electrons. The third-order valence-electron chi connectivity index (χ3n) is 3.87. The van der Waals surface area contributed by atoms with Crippen molar-refractivity contribution in [3.05, 3.63) is 29.8 Å². The lowest BCUT2D eigenvalue weighted by Crippen LogP contribution is -2.53. The molecule has 1 aromatic carbocycles. The molecular formula is C16H21F2N3O6S. The number of carbonyl (C=O) groups excluding carboxylic acids is 2. The van der Waals surface area contributed by atoms with Crippen LogP contribution in [-0.2, 0) is 29.1 Å². The first-order valence-corrected chi connectivity index (χ1v) is 9.85. The molecule has 28 heavy (non-hydrogen) atoms. The summed E-state index contributed by atoms with van der Waals surface area (Å²) in [6, 6.07) is 2.10. The molecule has 0 radical (unpaired) electrons. The highest BCUT2D eigenvalue weighted by Gasteiger charge is 2.36. The van der Waals surface area contributed by atoms with E-state index in [1.807, 2.05) is 0 Å². The molecule has 2 amide bonds. The van der Waals surface area contributed by atoms with Crippen molar-refractivity contribution in [3.63, 3.8) is 0 Å². The van der Waals surface area contributed by atoms with Gasteiger partial charge in [0.1, 0.15) is 22.8 Å². The van der Waals surface area contributed by atoms with Crippen LogP contribution in [0.5, 0.6) is 0 Å². The molecule has 1 saturated heterocycles. The van der Waals surface area contributed by atoms with Crippen molar-refractivity contribution < 1.29 is 36.3 Å². The molecule has 9 nitrogen and oxygen atoms in total. The number of methoxy groups -OCH3 is 1. The molecule has 1 fully saturated rings. The van der Waals surface area contributed by atoms with Crippen LogP contribution in [0.4, 0.5) is 8.78 Å². The minimum absolute atomic E-state index is 0.0150. The zero-order chi connectivity index (χ0) is 20.7. The third kappa shape index (κ3) is 5.44. The number of halogens is 2. The Bertz CT molecular complexity index is 821. The smallest absolute Gasteiger partial charge is 0.309 e. The highest BCUT2D eigenvalue weighted by Crippen LogP contribution is 2.24. The summed E-state index contributed by atoms with van der Waals surface area (Å²) in [5.41, 5.74) is 0. The van der Waals surface area contributed by atoms with Crippen LogP contribution >= 0.6 is 0 Å². The minimum Gasteiger partial charge on any atom is -0.383 e. The molecule has 0 saturated carbocycles. The van der Waals surface area contributed by atoms with Crippen LogP contribution in [0.1, 0.15) is 6.42 Å². The van der Waals surface area contributed by atoms with Crippen molar-refractivity contribution in [2.24, 2.45) is 0 Å². The van der Waals surface area contributed by atoms with Gasteiger partial charge in [0.15, 0.2) is 0 Å². The van der Waals surface area contributed by atoms with Gasteiger partial charge in [0, 0.05) is 20.2 Å². The molecule has 0 bridgehead atoms. The highest BCUT2D eigenvalue weighted by molar-refractivity contribution is 7.89. The Labute approximate surface area is 161 Å². The Kier molecular flexibility index (Phi) is 7.80. The van der Waals surface area contributed by atoms with E-state index in [0.29, 0.717) is 18.6 Å². The van der Waals surface area contributed by atoms with Crippen LogP contribution in [0.15, 0.2) is 23.1 Å². The minimum atomic E-state index is -4.43. The number of amides is 2. The van der Waals surface area contributed by atoms with Gasteiger partial charge in [0.05, 0.1) is 19.8 Å². The van der Waals surface area contributed by atoms with Crippen LogP contribution in [0.3, 0.4) is 0 Å². The zero-order valence-corrected chi connectivity index (χ0v) is 15.9. The van der Waals surface area contributed by atoms with Gasteiger partial charge in [-0.25, -0.2) is 17.2 Å². The molecule has 1 aliphatic heterocycles. The predicted molar refractivity (Wildman–Crippen MR) is 92.5 cm³/mol. The van der Waals surface area contributed by atoms with Gasteiger partial charge in [-0.1, -0.05) is 0 Å². The number of sulfonamides is 1. The molecule has 2 N–H and O–H groups in total. The first kappa shape index (κ1) is 22.1. The van der Waals surface area contributed by atoms with E-state index in [9.17, 15) is 26.8 Å². The van der Waals surface area contributed by atoms with E-state index in [1.54, 1.807) is 0 Å². The number of carbonyl (C=O) groups is 2. The molecule has 1 aromatic rings. The Morgan fingerprint density at radius 2 is 2.00 bits per heavy atom. The summed E-state index contributed by atoms with van der Waals surface area (Å²) in [7, 11) is -2.99. The molecule has 12 heteroatoms. The zero-order valence-electron chi connectivity index (χ0n) is 15.1. The number of ether oxygens (including phenoxy) is 2. The van der Waals surface area contributed by atoms with Gasteiger partial charge in [0.25, 0.3) is 0 Å². The maximum atomic E-state index is 14.0. The van der Waals surface area contributed by atoms with Gasteiger partial charge in [0.2, 0.25) is 10.0 Å². The van der Waals surface area contributed by atoms with Crippen molar-refractivity contribution in [2.45, 2.75) is 17.5 Å². The number of hydrogen-bond acceptors (Lipinski definition) is 6. The molecule has 1 heterocycles. The van der Waals surface area contributed by atoms with Gasteiger partial charge in [-0.05, 0) is 24.6 Å². The quantitative estimate of drug-likeness (QED) is 0.457. The maximum absolute atomic E-state index is 14.0. The molecule has 0 aromatic heterocycles. The monoisotopic (exact) mass is 421 g/mol. The van der Waals surface area contributed by atoms with E-state index in [2.05, 4.69) is 10.6 Å². The molecule has 1 atom stereocenters. The average molecular weight is 421 g/mol. The summed E-state index contributed by atoms with van der Waals surface area (Å²) in [5.74, 6) is -3.92. The molecular weight excluding hydrogens is 400 g/mol. The average Bonchev–Trinajstić information content (AvgIpc) is 2.68. The fraction of sp³-hybridized carbons (Fsp3) is 0.500. The summed E-state index contributed by atoms with van der Waals surface area (Å²) in [5, 5.41) is 4.58. The van der Waals surface area contributed by atoms with E-state index in [-0.39, 0.29) is 32.8 Å². The number of rotatable bonds is 7. The molecule has 0 spiro atoms. The fourth-order valence-corrected chi connectivity index (χ4v) is 4.15. The summed E-state index contributed by atoms with van der Waals surface area (Å²) in [6.07, 6.45) is -0.838. The van der Waals surface area contributed by atoms with Gasteiger partial charge in [-0.2, -0.15) is 4.31 Å². The van der Waals surface area contributed by atoms with Crippen LogP contribution in [-0.4, -0.2) is 70.7 Å². The predicted octanol–water partition coefficient (Wildman–Crippen LogP) is -0.419.